The minimum atomic E-state index is -0.314. The summed E-state index contributed by atoms with van der Waals surface area (Å²) in [7, 11) is 1.38. The maximum Gasteiger partial charge on any atom is 0.339 e. The summed E-state index contributed by atoms with van der Waals surface area (Å²) in [6.45, 7) is 1.96. The molecule has 0 heterocycles. The van der Waals surface area contributed by atoms with Gasteiger partial charge in [-0.2, -0.15) is 0 Å². The summed E-state index contributed by atoms with van der Waals surface area (Å²) in [4.78, 5) is 11.2. The van der Waals surface area contributed by atoms with Gasteiger partial charge in [-0.25, -0.2) is 4.79 Å². The van der Waals surface area contributed by atoms with Gasteiger partial charge in [0, 0.05) is 8.04 Å². The number of hydrogen-bond donors (Lipinski definition) is 0. The number of hydrogen-bond acceptors (Lipinski definition) is 2. The second-order valence-corrected chi connectivity index (χ2v) is 4.59. The van der Waals surface area contributed by atoms with Crippen LogP contribution >= 0.6 is 38.5 Å². The number of methoxy groups -OCH3 is 1. The molecule has 13 heavy (non-hydrogen) atoms. The van der Waals surface area contributed by atoms with Gasteiger partial charge in [-0.3, -0.25) is 0 Å². The predicted octanol–water partition coefficient (Wildman–Crippen LogP) is 3.15. The predicted molar refractivity (Wildman–Crippen MR) is 62.9 cm³/mol. The Kier molecular flexibility index (Phi) is 3.73. The zero-order valence-electron chi connectivity index (χ0n) is 7.23. The molecule has 0 N–H and O–H groups in total. The molecule has 2 nitrogen and oxygen atoms in total. The fourth-order valence-corrected chi connectivity index (χ4v) is 2.32. The lowest BCUT2D eigenvalue weighted by Crippen LogP contribution is -2.03. The van der Waals surface area contributed by atoms with Gasteiger partial charge in [0.2, 0.25) is 0 Å². The molecular weight excluding hydrogens is 347 g/mol. The highest BCUT2D eigenvalue weighted by Crippen LogP contribution is 2.23. The van der Waals surface area contributed by atoms with Gasteiger partial charge < -0.3 is 4.74 Å². The quantitative estimate of drug-likeness (QED) is 0.572. The fourth-order valence-electron chi connectivity index (χ4n) is 0.924. The van der Waals surface area contributed by atoms with Crippen LogP contribution in [0.2, 0.25) is 0 Å². The topological polar surface area (TPSA) is 26.3 Å². The van der Waals surface area contributed by atoms with Gasteiger partial charge in [-0.15, -0.1) is 0 Å². The lowest BCUT2D eigenvalue weighted by Gasteiger charge is -2.05. The van der Waals surface area contributed by atoms with Gasteiger partial charge in [-0.1, -0.05) is 0 Å². The molecular formula is C9H8BrIO2. The van der Waals surface area contributed by atoms with E-state index in [2.05, 4.69) is 43.3 Å². The average Bonchev–Trinajstić information content (AvgIpc) is 2.10. The van der Waals surface area contributed by atoms with Crippen LogP contribution in [0.4, 0.5) is 0 Å². The molecule has 0 bridgehead atoms. The summed E-state index contributed by atoms with van der Waals surface area (Å²) in [6, 6.07) is 3.72. The highest BCUT2D eigenvalue weighted by atomic mass is 127. The summed E-state index contributed by atoms with van der Waals surface area (Å²) >= 11 is 5.54. The Morgan fingerprint density at radius 3 is 2.69 bits per heavy atom. The van der Waals surface area contributed by atoms with Gasteiger partial charge in [0.15, 0.2) is 0 Å². The first-order valence-corrected chi connectivity index (χ1v) is 5.47. The zero-order chi connectivity index (χ0) is 10.0. The maximum absolute atomic E-state index is 11.2. The van der Waals surface area contributed by atoms with E-state index in [0.717, 1.165) is 13.6 Å². The summed E-state index contributed by atoms with van der Waals surface area (Å²) in [5, 5.41) is 0. The molecule has 0 aliphatic rings. The third kappa shape index (κ3) is 2.43. The van der Waals surface area contributed by atoms with Gasteiger partial charge in [0.1, 0.15) is 0 Å². The molecule has 4 heteroatoms. The molecule has 70 valence electrons. The van der Waals surface area contributed by atoms with Crippen molar-refractivity contribution < 1.29 is 9.53 Å². The van der Waals surface area contributed by atoms with Crippen LogP contribution in [0.1, 0.15) is 15.9 Å². The van der Waals surface area contributed by atoms with Crippen molar-refractivity contribution in [3.63, 3.8) is 0 Å². The third-order valence-corrected chi connectivity index (χ3v) is 3.47. The van der Waals surface area contributed by atoms with Crippen LogP contribution in [-0.4, -0.2) is 13.1 Å². The van der Waals surface area contributed by atoms with Gasteiger partial charge in [0.25, 0.3) is 0 Å². The van der Waals surface area contributed by atoms with E-state index in [0.29, 0.717) is 5.56 Å². The van der Waals surface area contributed by atoms with Crippen LogP contribution in [0.5, 0.6) is 0 Å². The first-order chi connectivity index (χ1) is 6.06. The van der Waals surface area contributed by atoms with Gasteiger partial charge in [-0.05, 0) is 63.1 Å². The van der Waals surface area contributed by atoms with E-state index in [1.165, 1.54) is 7.11 Å². The van der Waals surface area contributed by atoms with Gasteiger partial charge >= 0.3 is 5.97 Å². The van der Waals surface area contributed by atoms with Crippen molar-refractivity contribution in [2.45, 2.75) is 6.92 Å². The zero-order valence-corrected chi connectivity index (χ0v) is 11.0. The molecule has 0 spiro atoms. The van der Waals surface area contributed by atoms with Crippen LogP contribution < -0.4 is 0 Å². The Balaban J connectivity index is 3.23. The molecule has 0 saturated heterocycles. The number of aryl methyl sites for hydroxylation is 1. The summed E-state index contributed by atoms with van der Waals surface area (Å²) in [5.41, 5.74) is 1.64. The lowest BCUT2D eigenvalue weighted by atomic mass is 10.1. The molecule has 0 saturated carbocycles. The van der Waals surface area contributed by atoms with Crippen LogP contribution in [0.15, 0.2) is 16.6 Å². The molecule has 0 atom stereocenters. The first kappa shape index (κ1) is 11.0. The Hall–Kier alpha value is -0.100. The number of benzene rings is 1. The fraction of sp³-hybridized carbons (Fsp3) is 0.222. The van der Waals surface area contributed by atoms with Crippen LogP contribution in [0.3, 0.4) is 0 Å². The van der Waals surface area contributed by atoms with Gasteiger partial charge in [0.05, 0.1) is 12.7 Å². The van der Waals surface area contributed by atoms with Crippen molar-refractivity contribution >= 4 is 44.5 Å². The smallest absolute Gasteiger partial charge is 0.339 e. The Morgan fingerprint density at radius 2 is 2.15 bits per heavy atom. The molecule has 1 rings (SSSR count). The Morgan fingerprint density at radius 1 is 1.54 bits per heavy atom. The number of carbonyl (C=O) groups is 1. The number of halogens is 2. The van der Waals surface area contributed by atoms with E-state index in [-0.39, 0.29) is 5.97 Å². The normalized spacial score (nSPS) is 9.85. The molecule has 1 aromatic rings. The van der Waals surface area contributed by atoms with E-state index >= 15 is 0 Å². The second-order valence-electron chi connectivity index (χ2n) is 2.57. The lowest BCUT2D eigenvalue weighted by molar-refractivity contribution is 0.0599. The maximum atomic E-state index is 11.2. The minimum Gasteiger partial charge on any atom is -0.465 e. The molecule has 0 fully saturated rings. The van der Waals surface area contributed by atoms with Crippen molar-refractivity contribution in [3.05, 3.63) is 31.3 Å². The SMILES string of the molecule is COC(=O)c1cc(C)c(I)cc1Br. The molecule has 1 aromatic carbocycles. The van der Waals surface area contributed by atoms with Crippen molar-refractivity contribution in [2.24, 2.45) is 0 Å². The van der Waals surface area contributed by atoms with E-state index in [1.54, 1.807) is 0 Å². The van der Waals surface area contributed by atoms with E-state index in [4.69, 9.17) is 0 Å². The minimum absolute atomic E-state index is 0.314. The molecule has 0 amide bonds. The number of ether oxygens (including phenoxy) is 1. The first-order valence-electron chi connectivity index (χ1n) is 3.60. The van der Waals surface area contributed by atoms with Crippen LogP contribution in [-0.2, 0) is 4.74 Å². The van der Waals surface area contributed by atoms with Crippen molar-refractivity contribution in [1.29, 1.82) is 0 Å². The monoisotopic (exact) mass is 354 g/mol. The second kappa shape index (κ2) is 4.41. The van der Waals surface area contributed by atoms with E-state index < -0.39 is 0 Å². The van der Waals surface area contributed by atoms with Crippen molar-refractivity contribution in [1.82, 2.24) is 0 Å². The van der Waals surface area contributed by atoms with E-state index in [9.17, 15) is 4.79 Å². The molecule has 0 radical (unpaired) electrons. The van der Waals surface area contributed by atoms with Crippen LogP contribution in [0, 0.1) is 10.5 Å². The number of carbonyl (C=O) groups excluding carboxylic acids is 1. The largest absolute Gasteiger partial charge is 0.465 e. The molecule has 0 aliphatic heterocycles. The molecule has 0 aliphatic carbocycles. The summed E-state index contributed by atoms with van der Waals surface area (Å²) in [6.07, 6.45) is 0. The highest BCUT2D eigenvalue weighted by Gasteiger charge is 2.11. The third-order valence-electron chi connectivity index (χ3n) is 1.65. The number of rotatable bonds is 1. The highest BCUT2D eigenvalue weighted by molar-refractivity contribution is 14.1. The van der Waals surface area contributed by atoms with Crippen molar-refractivity contribution in [2.75, 3.05) is 7.11 Å². The van der Waals surface area contributed by atoms with E-state index in [1.807, 2.05) is 19.1 Å². The van der Waals surface area contributed by atoms with Crippen LogP contribution in [0.25, 0.3) is 0 Å². The average molecular weight is 355 g/mol. The summed E-state index contributed by atoms with van der Waals surface area (Å²) in [5.74, 6) is -0.314. The van der Waals surface area contributed by atoms with Crippen molar-refractivity contribution in [3.8, 4) is 0 Å². The summed E-state index contributed by atoms with van der Waals surface area (Å²) < 4.78 is 6.54. The number of esters is 1. The Bertz CT molecular complexity index is 350. The molecule has 0 aromatic heterocycles. The standard InChI is InChI=1S/C9H8BrIO2/c1-5-3-6(9(12)13-2)7(10)4-8(5)11/h3-4H,1-2H3. The molecule has 0 unspecified atom stereocenters. The Labute approximate surface area is 98.9 Å².